The van der Waals surface area contributed by atoms with E-state index in [2.05, 4.69) is 42.2 Å². The van der Waals surface area contributed by atoms with Gasteiger partial charge in [0.25, 0.3) is 0 Å². The summed E-state index contributed by atoms with van der Waals surface area (Å²) in [4.78, 5) is 8.66. The Hall–Kier alpha value is -0.450. The highest BCUT2D eigenvalue weighted by atomic mass is 32.1. The summed E-state index contributed by atoms with van der Waals surface area (Å²) in [7, 11) is 2.02. The molecule has 3 nitrogen and oxygen atoms in total. The fourth-order valence-corrected chi connectivity index (χ4v) is 3.85. The summed E-state index contributed by atoms with van der Waals surface area (Å²) in [6.07, 6.45) is 5.74. The molecule has 0 saturated carbocycles. The lowest BCUT2D eigenvalue weighted by atomic mass is 10.2. The van der Waals surface area contributed by atoms with Crippen LogP contribution in [0.15, 0.2) is 6.20 Å². The van der Waals surface area contributed by atoms with Crippen LogP contribution in [0.4, 0.5) is 0 Å². The fourth-order valence-electron chi connectivity index (χ4n) is 2.65. The molecular formula is C14H25N3S. The molecule has 2 heterocycles. The van der Waals surface area contributed by atoms with Gasteiger partial charge >= 0.3 is 0 Å². The first-order chi connectivity index (χ1) is 8.61. The molecule has 0 radical (unpaired) electrons. The van der Waals surface area contributed by atoms with Crippen LogP contribution in [0.3, 0.4) is 0 Å². The minimum atomic E-state index is 0.531. The molecule has 2 atom stereocenters. The average Bonchev–Trinajstić information content (AvgIpc) is 2.95. The second-order valence-corrected chi connectivity index (χ2v) is 6.70. The molecule has 1 aliphatic heterocycles. The van der Waals surface area contributed by atoms with Crippen LogP contribution in [-0.2, 0) is 6.42 Å². The zero-order chi connectivity index (χ0) is 13.1. The van der Waals surface area contributed by atoms with Crippen molar-refractivity contribution in [2.24, 2.45) is 0 Å². The minimum Gasteiger partial charge on any atom is -0.317 e. The first kappa shape index (κ1) is 14.0. The maximum absolute atomic E-state index is 4.67. The predicted octanol–water partition coefficient (Wildman–Crippen LogP) is 2.84. The van der Waals surface area contributed by atoms with E-state index in [4.69, 9.17) is 0 Å². The van der Waals surface area contributed by atoms with Gasteiger partial charge in [-0.15, -0.1) is 11.3 Å². The van der Waals surface area contributed by atoms with Gasteiger partial charge in [0.1, 0.15) is 5.01 Å². The van der Waals surface area contributed by atoms with Gasteiger partial charge in [0.15, 0.2) is 0 Å². The van der Waals surface area contributed by atoms with Crippen molar-refractivity contribution in [3.8, 4) is 0 Å². The SMILES string of the molecule is CNC(C)Cc1cnc(C2CCCN2C(C)C)s1. The van der Waals surface area contributed by atoms with E-state index >= 15 is 0 Å². The third-order valence-corrected chi connectivity index (χ3v) is 4.94. The quantitative estimate of drug-likeness (QED) is 0.889. The van der Waals surface area contributed by atoms with E-state index in [-0.39, 0.29) is 0 Å². The third kappa shape index (κ3) is 3.11. The molecule has 0 aromatic carbocycles. The summed E-state index contributed by atoms with van der Waals surface area (Å²) in [5.41, 5.74) is 0. The number of hydrogen-bond donors (Lipinski definition) is 1. The molecule has 1 fully saturated rings. The van der Waals surface area contributed by atoms with Gasteiger partial charge in [-0.2, -0.15) is 0 Å². The van der Waals surface area contributed by atoms with Crippen molar-refractivity contribution in [3.63, 3.8) is 0 Å². The summed E-state index contributed by atoms with van der Waals surface area (Å²) in [5, 5.41) is 4.61. The highest BCUT2D eigenvalue weighted by molar-refractivity contribution is 7.11. The maximum Gasteiger partial charge on any atom is 0.110 e. The number of likely N-dealkylation sites (N-methyl/N-ethyl adjacent to an activating group) is 1. The number of rotatable bonds is 5. The van der Waals surface area contributed by atoms with Gasteiger partial charge in [-0.1, -0.05) is 0 Å². The molecule has 2 rings (SSSR count). The van der Waals surface area contributed by atoms with Gasteiger partial charge in [-0.05, 0) is 53.6 Å². The van der Waals surface area contributed by atoms with Crippen molar-refractivity contribution in [3.05, 3.63) is 16.1 Å². The van der Waals surface area contributed by atoms with Crippen LogP contribution in [-0.4, -0.2) is 35.6 Å². The van der Waals surface area contributed by atoms with Gasteiger partial charge < -0.3 is 5.32 Å². The predicted molar refractivity (Wildman–Crippen MR) is 78.2 cm³/mol. The van der Waals surface area contributed by atoms with Crippen molar-refractivity contribution < 1.29 is 0 Å². The molecule has 1 saturated heterocycles. The normalized spacial score (nSPS) is 22.8. The summed E-state index contributed by atoms with van der Waals surface area (Å²) < 4.78 is 0. The van der Waals surface area contributed by atoms with E-state index in [0.29, 0.717) is 18.1 Å². The van der Waals surface area contributed by atoms with E-state index in [9.17, 15) is 0 Å². The van der Waals surface area contributed by atoms with Crippen molar-refractivity contribution in [1.82, 2.24) is 15.2 Å². The topological polar surface area (TPSA) is 28.2 Å². The zero-order valence-corrected chi connectivity index (χ0v) is 12.8. The molecule has 102 valence electrons. The summed E-state index contributed by atoms with van der Waals surface area (Å²) >= 11 is 1.90. The molecule has 0 bridgehead atoms. The van der Waals surface area contributed by atoms with Crippen LogP contribution in [0.25, 0.3) is 0 Å². The monoisotopic (exact) mass is 267 g/mol. The Morgan fingerprint density at radius 1 is 1.50 bits per heavy atom. The number of likely N-dealkylation sites (tertiary alicyclic amines) is 1. The first-order valence-corrected chi connectivity index (χ1v) is 7.81. The second kappa shape index (κ2) is 6.13. The van der Waals surface area contributed by atoms with Crippen molar-refractivity contribution in [1.29, 1.82) is 0 Å². The molecule has 4 heteroatoms. The number of aromatic nitrogens is 1. The Balaban J connectivity index is 2.05. The number of hydrogen-bond acceptors (Lipinski definition) is 4. The number of thiazole rings is 1. The van der Waals surface area contributed by atoms with Crippen molar-refractivity contribution in [2.45, 2.75) is 58.2 Å². The molecule has 0 aliphatic carbocycles. The summed E-state index contributed by atoms with van der Waals surface area (Å²) in [6, 6.07) is 1.72. The Morgan fingerprint density at radius 3 is 2.94 bits per heavy atom. The Bertz CT molecular complexity index is 375. The van der Waals surface area contributed by atoms with E-state index < -0.39 is 0 Å². The highest BCUT2D eigenvalue weighted by Gasteiger charge is 2.29. The lowest BCUT2D eigenvalue weighted by Gasteiger charge is -2.26. The molecular weight excluding hydrogens is 242 g/mol. The second-order valence-electron chi connectivity index (χ2n) is 5.55. The maximum atomic E-state index is 4.67. The van der Waals surface area contributed by atoms with Crippen LogP contribution in [0.2, 0.25) is 0 Å². The molecule has 1 N–H and O–H groups in total. The molecule has 0 amide bonds. The zero-order valence-electron chi connectivity index (χ0n) is 11.9. The smallest absolute Gasteiger partial charge is 0.110 e. The lowest BCUT2D eigenvalue weighted by Crippen LogP contribution is -2.30. The molecule has 1 aromatic heterocycles. The third-order valence-electron chi connectivity index (χ3n) is 3.81. The largest absolute Gasteiger partial charge is 0.317 e. The van der Waals surface area contributed by atoms with Gasteiger partial charge in [-0.3, -0.25) is 4.90 Å². The van der Waals surface area contributed by atoms with Crippen LogP contribution in [0.5, 0.6) is 0 Å². The first-order valence-electron chi connectivity index (χ1n) is 6.99. The number of nitrogens with one attached hydrogen (secondary N) is 1. The minimum absolute atomic E-state index is 0.531. The van der Waals surface area contributed by atoms with Crippen LogP contribution < -0.4 is 5.32 Å². The van der Waals surface area contributed by atoms with Crippen molar-refractivity contribution in [2.75, 3.05) is 13.6 Å². The van der Waals surface area contributed by atoms with E-state index in [0.717, 1.165) is 6.42 Å². The summed E-state index contributed by atoms with van der Waals surface area (Å²) in [5.74, 6) is 0. The van der Waals surface area contributed by atoms with Gasteiger partial charge in [0.2, 0.25) is 0 Å². The Labute approximate surface area is 115 Å². The highest BCUT2D eigenvalue weighted by Crippen LogP contribution is 2.35. The lowest BCUT2D eigenvalue weighted by molar-refractivity contribution is 0.205. The average molecular weight is 267 g/mol. The van der Waals surface area contributed by atoms with Gasteiger partial charge in [0, 0.05) is 23.2 Å². The summed E-state index contributed by atoms with van der Waals surface area (Å²) in [6.45, 7) is 8.02. The number of nitrogens with zero attached hydrogens (tertiary/aromatic N) is 2. The van der Waals surface area contributed by atoms with Gasteiger partial charge in [-0.25, -0.2) is 4.98 Å². The van der Waals surface area contributed by atoms with E-state index in [1.807, 2.05) is 18.4 Å². The van der Waals surface area contributed by atoms with Gasteiger partial charge in [0.05, 0.1) is 6.04 Å². The standard InChI is InChI=1S/C14H25N3S/c1-10(2)17-7-5-6-13(17)14-16-9-12(18-14)8-11(3)15-4/h9-11,13,15H,5-8H2,1-4H3. The van der Waals surface area contributed by atoms with E-state index in [1.54, 1.807) is 0 Å². The molecule has 1 aliphatic rings. The molecule has 0 spiro atoms. The molecule has 18 heavy (non-hydrogen) atoms. The van der Waals surface area contributed by atoms with Crippen LogP contribution in [0.1, 0.15) is 49.5 Å². The van der Waals surface area contributed by atoms with E-state index in [1.165, 1.54) is 29.3 Å². The molecule has 2 unspecified atom stereocenters. The van der Waals surface area contributed by atoms with Crippen LogP contribution >= 0.6 is 11.3 Å². The van der Waals surface area contributed by atoms with Crippen LogP contribution in [0, 0.1) is 0 Å². The Morgan fingerprint density at radius 2 is 2.28 bits per heavy atom. The fraction of sp³-hybridized carbons (Fsp3) is 0.786. The van der Waals surface area contributed by atoms with Crippen molar-refractivity contribution >= 4 is 11.3 Å². The Kier molecular flexibility index (Phi) is 4.76. The molecule has 1 aromatic rings.